The molecule has 5 heterocycles. The van der Waals surface area contributed by atoms with Crippen LogP contribution in [0.5, 0.6) is 28.7 Å². The molecule has 308 valence electrons. The van der Waals surface area contributed by atoms with Gasteiger partial charge >= 0.3 is 30.0 Å². The number of carbonyl (C=O) groups excluding carboxylic acids is 4. The maximum Gasteiger partial charge on any atom is 0.471 e. The third-order valence-corrected chi connectivity index (χ3v) is 12.5. The minimum Gasteiger partial charge on any atom is -0.493 e. The summed E-state index contributed by atoms with van der Waals surface area (Å²) >= 11 is 1.00. The molecule has 1 amide bonds. The molecule has 0 aliphatic carbocycles. The number of thioether (sulfide) groups is 1. The molecule has 2 unspecified atom stereocenters. The lowest BCUT2D eigenvalue weighted by molar-refractivity contribution is -0.175. The Labute approximate surface area is 339 Å². The van der Waals surface area contributed by atoms with Gasteiger partial charge in [-0.15, -0.1) is 11.8 Å². The number of amides is 1. The highest BCUT2D eigenvalue weighted by molar-refractivity contribution is 7.99. The molecule has 3 aromatic carbocycles. The van der Waals surface area contributed by atoms with Crippen molar-refractivity contribution in [1.82, 2.24) is 15.5 Å². The molecular formula is C41H37F3N4O10S. The zero-order chi connectivity index (χ0) is 41.9. The van der Waals surface area contributed by atoms with Gasteiger partial charge in [0.1, 0.15) is 24.4 Å². The zero-order valence-corrected chi connectivity index (χ0v) is 32.8. The smallest absolute Gasteiger partial charge is 0.471 e. The number of ether oxygens (including phenoxy) is 6. The molecule has 18 heteroatoms. The normalized spacial score (nSPS) is 25.5. The predicted molar refractivity (Wildman–Crippen MR) is 203 cm³/mol. The van der Waals surface area contributed by atoms with Crippen molar-refractivity contribution in [2.75, 3.05) is 26.3 Å². The molecule has 0 saturated carbocycles. The lowest BCUT2D eigenvalue weighted by atomic mass is 9.72. The van der Waals surface area contributed by atoms with Crippen LogP contribution in [-0.4, -0.2) is 85.3 Å². The molecule has 0 aromatic heterocycles. The second-order valence-electron chi connectivity index (χ2n) is 14.6. The molecule has 0 radical (unpaired) electrons. The number of alkyl halides is 3. The molecule has 14 nitrogen and oxygen atoms in total. The standard InChI is InChI=1S/C41H37F3N4O10S/c1-18-12-22-13-23-25(14-45)48-26-15-54-39(51)24(47-40(52)41(42,43)44)16-59-38(30-29(26)36-35(55-17-56-36)19(2)34(30)57-20(3)49)32(48)31(46-23)28(22)37(33(18)53-4)58-27(50)11-10-21-8-6-5-7-9-21/h5-12,23-26,31-32,38,46H,13,15-17H2,1-4H3,(H,47,52)/b11-10+/t23-,24?,25-,26-,31+,32?,38+/m0/s1. The number of hydrogen-bond acceptors (Lipinski definition) is 14. The average molecular weight is 835 g/mol. The molecule has 7 atom stereocenters. The number of esters is 3. The number of fused-ring (bicyclic) bond motifs is 9. The van der Waals surface area contributed by atoms with Gasteiger partial charge in [-0.1, -0.05) is 36.4 Å². The number of rotatable bonds is 6. The van der Waals surface area contributed by atoms with Crippen LogP contribution >= 0.6 is 11.8 Å². The number of nitrogens with zero attached hydrogens (tertiary/aromatic N) is 2. The fraction of sp³-hybridized carbons (Fsp3) is 0.390. The Morgan fingerprint density at radius 2 is 1.78 bits per heavy atom. The molecule has 4 bridgehead atoms. The van der Waals surface area contributed by atoms with Crippen molar-refractivity contribution in [3.05, 3.63) is 81.4 Å². The number of nitrogens with one attached hydrogen (secondary N) is 2. The molecule has 2 fully saturated rings. The van der Waals surface area contributed by atoms with Gasteiger partial charge in [0.15, 0.2) is 23.0 Å². The highest BCUT2D eigenvalue weighted by Gasteiger charge is 2.59. The Kier molecular flexibility index (Phi) is 10.5. The number of aryl methyl sites for hydroxylation is 1. The van der Waals surface area contributed by atoms with Crippen LogP contribution < -0.4 is 34.3 Å². The second-order valence-corrected chi connectivity index (χ2v) is 15.8. The molecule has 8 rings (SSSR count). The Hall–Kier alpha value is -5.77. The number of cyclic esters (lactones) is 1. The predicted octanol–water partition coefficient (Wildman–Crippen LogP) is 4.85. The fourth-order valence-electron chi connectivity index (χ4n) is 8.85. The van der Waals surface area contributed by atoms with Gasteiger partial charge in [-0.3, -0.25) is 14.5 Å². The molecule has 0 spiro atoms. The molecular weight excluding hydrogens is 798 g/mol. The van der Waals surface area contributed by atoms with Crippen molar-refractivity contribution >= 4 is 41.7 Å². The Balaban J connectivity index is 1.34. The van der Waals surface area contributed by atoms with Gasteiger partial charge < -0.3 is 39.1 Å². The number of methoxy groups -OCH3 is 1. The van der Waals surface area contributed by atoms with Crippen molar-refractivity contribution in [1.29, 1.82) is 5.26 Å². The first-order chi connectivity index (χ1) is 28.2. The number of halogens is 3. The van der Waals surface area contributed by atoms with E-state index in [9.17, 15) is 37.6 Å². The lowest BCUT2D eigenvalue weighted by Gasteiger charge is -2.59. The highest BCUT2D eigenvalue weighted by atomic mass is 32.2. The third-order valence-electron chi connectivity index (χ3n) is 11.1. The minimum atomic E-state index is -5.30. The van der Waals surface area contributed by atoms with E-state index in [2.05, 4.69) is 11.4 Å². The fourth-order valence-corrected chi connectivity index (χ4v) is 10.4. The van der Waals surface area contributed by atoms with Crippen LogP contribution in [-0.2, 0) is 30.3 Å². The molecule has 2 saturated heterocycles. The quantitative estimate of drug-likeness (QED) is 0.196. The first kappa shape index (κ1) is 40.0. The van der Waals surface area contributed by atoms with Gasteiger partial charge in [-0.25, -0.2) is 9.59 Å². The van der Waals surface area contributed by atoms with E-state index in [4.69, 9.17) is 28.4 Å². The van der Waals surface area contributed by atoms with Crippen LogP contribution in [0.25, 0.3) is 6.08 Å². The molecule has 3 aromatic rings. The van der Waals surface area contributed by atoms with Gasteiger partial charge in [0, 0.05) is 53.1 Å². The zero-order valence-electron chi connectivity index (χ0n) is 32.0. The largest absolute Gasteiger partial charge is 0.493 e. The number of piperazine rings is 1. The van der Waals surface area contributed by atoms with E-state index in [1.165, 1.54) is 20.1 Å². The van der Waals surface area contributed by atoms with Crippen LogP contribution in [0.1, 0.15) is 63.2 Å². The Morgan fingerprint density at radius 1 is 1.03 bits per heavy atom. The second kappa shape index (κ2) is 15.4. The monoisotopic (exact) mass is 834 g/mol. The number of hydrogen-bond donors (Lipinski definition) is 2. The summed E-state index contributed by atoms with van der Waals surface area (Å²) in [7, 11) is 1.45. The summed E-state index contributed by atoms with van der Waals surface area (Å²) in [4.78, 5) is 54.1. The van der Waals surface area contributed by atoms with Crippen molar-refractivity contribution in [3.63, 3.8) is 0 Å². The van der Waals surface area contributed by atoms with E-state index in [0.29, 0.717) is 34.2 Å². The van der Waals surface area contributed by atoms with Crippen molar-refractivity contribution in [2.45, 2.75) is 74.9 Å². The summed E-state index contributed by atoms with van der Waals surface area (Å²) in [6.45, 7) is 3.99. The third kappa shape index (κ3) is 7.00. The van der Waals surface area contributed by atoms with E-state index in [-0.39, 0.29) is 35.5 Å². The molecule has 5 aliphatic rings. The first-order valence-electron chi connectivity index (χ1n) is 18.6. The van der Waals surface area contributed by atoms with Gasteiger partial charge in [-0.05, 0) is 43.0 Å². The van der Waals surface area contributed by atoms with E-state index in [1.807, 2.05) is 41.3 Å². The van der Waals surface area contributed by atoms with Crippen molar-refractivity contribution in [2.24, 2.45) is 0 Å². The van der Waals surface area contributed by atoms with Crippen LogP contribution in [0.4, 0.5) is 13.2 Å². The van der Waals surface area contributed by atoms with Crippen molar-refractivity contribution < 1.29 is 60.8 Å². The molecule has 2 N–H and O–H groups in total. The summed E-state index contributed by atoms with van der Waals surface area (Å²) in [5.74, 6) is -4.20. The van der Waals surface area contributed by atoms with E-state index in [0.717, 1.165) is 22.9 Å². The first-order valence-corrected chi connectivity index (χ1v) is 19.6. The van der Waals surface area contributed by atoms with Gasteiger partial charge in [-0.2, -0.15) is 18.4 Å². The summed E-state index contributed by atoms with van der Waals surface area (Å²) in [5, 5.41) is 15.5. The van der Waals surface area contributed by atoms with E-state index >= 15 is 0 Å². The van der Waals surface area contributed by atoms with Gasteiger partial charge in [0.25, 0.3) is 0 Å². The molecule has 59 heavy (non-hydrogen) atoms. The van der Waals surface area contributed by atoms with Crippen molar-refractivity contribution in [3.8, 4) is 34.8 Å². The van der Waals surface area contributed by atoms with Crippen LogP contribution in [0.15, 0.2) is 42.5 Å². The summed E-state index contributed by atoms with van der Waals surface area (Å²) < 4.78 is 76.3. The number of carbonyl (C=O) groups is 4. The maximum absolute atomic E-state index is 13.6. The SMILES string of the molecule is COc1c(C)cc2c(c1OC(=O)/C=C/c1ccccc1)[C@H]1N[C@@H](C2)[C@H](C#N)N2C1[C@@H]1SCC(NC(=O)C(F)(F)F)C(=O)OC[C@H]2c2c3c(c(C)c(OC(C)=O)c21)OCO3. The van der Waals surface area contributed by atoms with Crippen LogP contribution in [0.3, 0.4) is 0 Å². The summed E-state index contributed by atoms with van der Waals surface area (Å²) in [6, 6.07) is 7.68. The number of benzene rings is 3. The minimum absolute atomic E-state index is 0.104. The summed E-state index contributed by atoms with van der Waals surface area (Å²) in [6.07, 6.45) is -2.10. The summed E-state index contributed by atoms with van der Waals surface area (Å²) in [5.41, 5.74) is 3.94. The van der Waals surface area contributed by atoms with Crippen LogP contribution in [0.2, 0.25) is 0 Å². The van der Waals surface area contributed by atoms with Crippen LogP contribution in [0, 0.1) is 25.2 Å². The number of nitriles is 1. The molecule has 5 aliphatic heterocycles. The maximum atomic E-state index is 13.6. The average Bonchev–Trinajstić information content (AvgIpc) is 3.69. The topological polar surface area (TPSA) is 175 Å². The lowest BCUT2D eigenvalue weighted by Crippen LogP contribution is -2.69. The van der Waals surface area contributed by atoms with E-state index < -0.39 is 83.9 Å². The van der Waals surface area contributed by atoms with Gasteiger partial charge in [0.2, 0.25) is 6.79 Å². The van der Waals surface area contributed by atoms with Gasteiger partial charge in [0.05, 0.1) is 30.5 Å². The Bertz CT molecular complexity index is 2330. The Morgan fingerprint density at radius 3 is 2.47 bits per heavy atom. The van der Waals surface area contributed by atoms with E-state index in [1.54, 1.807) is 25.2 Å². The highest BCUT2D eigenvalue weighted by Crippen LogP contribution is 2.62.